The molecule has 8 nitrogen and oxygen atoms in total. The van der Waals surface area contributed by atoms with Crippen LogP contribution in [0, 0.1) is 12.7 Å². The normalized spacial score (nSPS) is 14.7. The molecular weight excluding hydrogens is 487 g/mol. The van der Waals surface area contributed by atoms with Gasteiger partial charge in [0.25, 0.3) is 5.91 Å². The van der Waals surface area contributed by atoms with Crippen LogP contribution in [0.15, 0.2) is 64.3 Å². The highest BCUT2D eigenvalue weighted by Crippen LogP contribution is 2.43. The maximum absolute atomic E-state index is 14.0. The van der Waals surface area contributed by atoms with Crippen molar-refractivity contribution in [2.45, 2.75) is 13.0 Å². The molecule has 0 aliphatic carbocycles. The van der Waals surface area contributed by atoms with Gasteiger partial charge in [-0.15, -0.1) is 0 Å². The third kappa shape index (κ3) is 3.75. The fourth-order valence-corrected chi connectivity index (χ4v) is 5.17. The number of benzene rings is 2. The summed E-state index contributed by atoms with van der Waals surface area (Å²) < 4.78 is 30.3. The maximum atomic E-state index is 14.0. The van der Waals surface area contributed by atoms with E-state index in [0.29, 0.717) is 17.0 Å². The summed E-state index contributed by atoms with van der Waals surface area (Å²) in [7, 11) is 1.25. The summed E-state index contributed by atoms with van der Waals surface area (Å²) in [4.78, 5) is 45.5. The number of carbonyl (C=O) groups excluding carboxylic acids is 2. The minimum Gasteiger partial charge on any atom is -0.490 e. The molecule has 0 saturated heterocycles. The van der Waals surface area contributed by atoms with Crippen LogP contribution in [-0.2, 0) is 4.74 Å². The third-order valence-electron chi connectivity index (χ3n) is 5.74. The first-order valence-electron chi connectivity index (χ1n) is 10.8. The number of fused-ring (bicyclic) bond motifs is 2. The predicted octanol–water partition coefficient (Wildman–Crippen LogP) is 4.80. The van der Waals surface area contributed by atoms with Crippen LogP contribution in [0.2, 0.25) is 0 Å². The molecule has 4 aromatic rings. The van der Waals surface area contributed by atoms with Crippen LogP contribution in [0.5, 0.6) is 5.75 Å². The van der Waals surface area contributed by atoms with Crippen molar-refractivity contribution in [3.8, 4) is 5.75 Å². The zero-order chi connectivity index (χ0) is 25.6. The lowest BCUT2D eigenvalue weighted by molar-refractivity contribution is 0.0605. The highest BCUT2D eigenvalue weighted by atomic mass is 32.1. The lowest BCUT2D eigenvalue weighted by Gasteiger charge is -2.23. The molecule has 2 aromatic heterocycles. The van der Waals surface area contributed by atoms with Gasteiger partial charge >= 0.3 is 5.97 Å². The van der Waals surface area contributed by atoms with Gasteiger partial charge in [-0.25, -0.2) is 14.2 Å². The van der Waals surface area contributed by atoms with Gasteiger partial charge < -0.3 is 13.9 Å². The molecule has 1 amide bonds. The molecule has 1 aliphatic rings. The Morgan fingerprint density at radius 3 is 2.83 bits per heavy atom. The molecule has 2 aromatic carbocycles. The number of rotatable bonds is 6. The molecule has 0 fully saturated rings. The summed E-state index contributed by atoms with van der Waals surface area (Å²) in [5.74, 6) is -1.48. The molecule has 1 atom stereocenters. The monoisotopic (exact) mass is 506 g/mol. The Kier molecular flexibility index (Phi) is 5.89. The van der Waals surface area contributed by atoms with E-state index in [4.69, 9.17) is 13.9 Å². The molecule has 1 aliphatic heterocycles. The number of carbonyl (C=O) groups is 2. The number of esters is 1. The van der Waals surface area contributed by atoms with Gasteiger partial charge in [0.2, 0.25) is 5.76 Å². The van der Waals surface area contributed by atoms with Gasteiger partial charge in [0.05, 0.1) is 29.8 Å². The van der Waals surface area contributed by atoms with Crippen LogP contribution in [-0.4, -0.2) is 30.6 Å². The van der Waals surface area contributed by atoms with Crippen molar-refractivity contribution in [3.63, 3.8) is 0 Å². The molecule has 3 heterocycles. The van der Waals surface area contributed by atoms with E-state index < -0.39 is 29.2 Å². The molecular formula is C26H19FN2O6S. The van der Waals surface area contributed by atoms with Gasteiger partial charge in [-0.05, 0) is 42.8 Å². The quantitative estimate of drug-likeness (QED) is 0.274. The highest BCUT2D eigenvalue weighted by molar-refractivity contribution is 7.17. The van der Waals surface area contributed by atoms with E-state index in [1.54, 1.807) is 37.3 Å². The molecule has 0 bridgehead atoms. The van der Waals surface area contributed by atoms with Gasteiger partial charge in [-0.2, -0.15) is 0 Å². The third-order valence-corrected chi connectivity index (χ3v) is 6.87. The zero-order valence-electron chi connectivity index (χ0n) is 19.2. The van der Waals surface area contributed by atoms with E-state index in [-0.39, 0.29) is 38.9 Å². The first-order chi connectivity index (χ1) is 17.3. The van der Waals surface area contributed by atoms with Crippen LogP contribution in [0.3, 0.4) is 0 Å². The van der Waals surface area contributed by atoms with Gasteiger partial charge in [-0.1, -0.05) is 36.1 Å². The molecule has 10 heteroatoms. The molecule has 0 saturated carbocycles. The number of thiazole rings is 1. The Balaban J connectivity index is 1.76. The van der Waals surface area contributed by atoms with Crippen molar-refractivity contribution in [1.82, 2.24) is 4.98 Å². The lowest BCUT2D eigenvalue weighted by atomic mass is 9.98. The molecule has 0 radical (unpaired) electrons. The number of nitrogens with zero attached hydrogens (tertiary/aromatic N) is 2. The summed E-state index contributed by atoms with van der Waals surface area (Å²) in [6, 6.07) is 9.47. The largest absolute Gasteiger partial charge is 0.490 e. The number of hydrogen-bond donors (Lipinski definition) is 0. The average molecular weight is 507 g/mol. The van der Waals surface area contributed by atoms with Crippen LogP contribution >= 0.6 is 11.3 Å². The Morgan fingerprint density at radius 1 is 1.28 bits per heavy atom. The molecule has 0 N–H and O–H groups in total. The predicted molar refractivity (Wildman–Crippen MR) is 131 cm³/mol. The molecule has 1 unspecified atom stereocenters. The van der Waals surface area contributed by atoms with E-state index in [1.165, 1.54) is 18.1 Å². The van der Waals surface area contributed by atoms with E-state index in [1.807, 2.05) is 0 Å². The summed E-state index contributed by atoms with van der Waals surface area (Å²) in [6.45, 7) is 5.52. The SMILES string of the molecule is C=CCOc1cccc(C2c3c(oc4ccc(F)cc4c3=O)C(=O)N2c2nc(C)c(C(=O)OC)s2)c1. The number of amides is 1. The first kappa shape index (κ1) is 23.4. The van der Waals surface area contributed by atoms with Crippen molar-refractivity contribution in [2.24, 2.45) is 0 Å². The van der Waals surface area contributed by atoms with E-state index >= 15 is 0 Å². The van der Waals surface area contributed by atoms with Crippen molar-refractivity contribution in [1.29, 1.82) is 0 Å². The average Bonchev–Trinajstić information content (AvgIpc) is 3.40. The number of aromatic nitrogens is 1. The minimum atomic E-state index is -0.959. The number of halogens is 1. The Hall–Kier alpha value is -4.31. The number of hydrogen-bond acceptors (Lipinski definition) is 8. The van der Waals surface area contributed by atoms with Crippen molar-refractivity contribution < 1.29 is 27.9 Å². The maximum Gasteiger partial charge on any atom is 0.350 e. The fourth-order valence-electron chi connectivity index (χ4n) is 4.15. The lowest BCUT2D eigenvalue weighted by Crippen LogP contribution is -2.29. The van der Waals surface area contributed by atoms with Crippen LogP contribution in [0.4, 0.5) is 9.52 Å². The second-order valence-electron chi connectivity index (χ2n) is 7.97. The van der Waals surface area contributed by atoms with E-state index in [9.17, 15) is 18.8 Å². The molecule has 182 valence electrons. The first-order valence-corrected chi connectivity index (χ1v) is 11.6. The topological polar surface area (TPSA) is 98.9 Å². The second kappa shape index (κ2) is 9.04. The van der Waals surface area contributed by atoms with Gasteiger partial charge in [0.1, 0.15) is 28.6 Å². The Bertz CT molecular complexity index is 1610. The van der Waals surface area contributed by atoms with Crippen molar-refractivity contribution in [3.05, 3.63) is 98.6 Å². The smallest absolute Gasteiger partial charge is 0.350 e. The zero-order valence-corrected chi connectivity index (χ0v) is 20.1. The van der Waals surface area contributed by atoms with Crippen LogP contribution in [0.25, 0.3) is 11.0 Å². The number of methoxy groups -OCH3 is 1. The van der Waals surface area contributed by atoms with Gasteiger partial charge in [0.15, 0.2) is 10.6 Å². The van der Waals surface area contributed by atoms with E-state index in [0.717, 1.165) is 23.5 Å². The van der Waals surface area contributed by atoms with Crippen LogP contribution < -0.4 is 15.1 Å². The second-order valence-corrected chi connectivity index (χ2v) is 8.94. The minimum absolute atomic E-state index is 0.0121. The summed E-state index contributed by atoms with van der Waals surface area (Å²) in [6.07, 6.45) is 1.59. The standard InChI is InChI=1S/C26H19FN2O6S/c1-4-10-34-16-7-5-6-14(11-16)20-19-21(30)17-12-15(27)8-9-18(17)35-22(19)24(31)29(20)26-28-13(2)23(36-26)25(32)33-3/h4-9,11-12,20H,1,10H2,2-3H3. The van der Waals surface area contributed by atoms with Crippen molar-refractivity contribution >= 4 is 39.3 Å². The number of anilines is 1. The van der Waals surface area contributed by atoms with Gasteiger partial charge in [-0.3, -0.25) is 14.5 Å². The molecule has 0 spiro atoms. The van der Waals surface area contributed by atoms with E-state index in [2.05, 4.69) is 11.6 Å². The molecule has 36 heavy (non-hydrogen) atoms. The summed E-state index contributed by atoms with van der Waals surface area (Å²) >= 11 is 0.964. The van der Waals surface area contributed by atoms with Crippen molar-refractivity contribution in [2.75, 3.05) is 18.6 Å². The highest BCUT2D eigenvalue weighted by Gasteiger charge is 2.45. The molecule has 5 rings (SSSR count). The number of aryl methyl sites for hydroxylation is 1. The summed E-state index contributed by atoms with van der Waals surface area (Å²) in [5, 5.41) is 0.194. The van der Waals surface area contributed by atoms with Gasteiger partial charge in [0, 0.05) is 0 Å². The number of ether oxygens (including phenoxy) is 2. The Labute approximate surface area is 208 Å². The van der Waals surface area contributed by atoms with Crippen LogP contribution in [0.1, 0.15) is 43.1 Å². The fraction of sp³-hybridized carbons (Fsp3) is 0.154. The Morgan fingerprint density at radius 2 is 2.08 bits per heavy atom. The summed E-state index contributed by atoms with van der Waals surface area (Å²) in [5.41, 5.74) is 0.512.